The Labute approximate surface area is 172 Å². The first-order valence-corrected chi connectivity index (χ1v) is 10.0. The highest BCUT2D eigenvalue weighted by Gasteiger charge is 2.32. The SMILES string of the molecule is CCOC(=O)C1=C(C[NH+](C)Cc2ccc(OCC)c(OC)c2)NC(=O)N[C@@H]1CC. The van der Waals surface area contributed by atoms with Gasteiger partial charge < -0.3 is 29.7 Å². The number of hydrogen-bond acceptors (Lipinski definition) is 5. The highest BCUT2D eigenvalue weighted by molar-refractivity contribution is 5.94. The number of quaternary nitrogens is 1. The second-order valence-corrected chi connectivity index (χ2v) is 6.90. The van der Waals surface area contributed by atoms with Gasteiger partial charge in [-0.1, -0.05) is 6.92 Å². The molecule has 8 heteroatoms. The molecule has 2 rings (SSSR count). The second-order valence-electron chi connectivity index (χ2n) is 6.90. The van der Waals surface area contributed by atoms with Crippen LogP contribution >= 0.6 is 0 Å². The minimum absolute atomic E-state index is 0.286. The van der Waals surface area contributed by atoms with Crippen molar-refractivity contribution in [1.82, 2.24) is 10.6 Å². The zero-order chi connectivity index (χ0) is 21.4. The van der Waals surface area contributed by atoms with E-state index >= 15 is 0 Å². The van der Waals surface area contributed by atoms with Crippen LogP contribution in [0.3, 0.4) is 0 Å². The van der Waals surface area contributed by atoms with Gasteiger partial charge in [-0.3, -0.25) is 0 Å². The lowest BCUT2D eigenvalue weighted by Crippen LogP contribution is -3.08. The Bertz CT molecular complexity index is 763. The van der Waals surface area contributed by atoms with Crippen LogP contribution in [0.1, 0.15) is 32.8 Å². The van der Waals surface area contributed by atoms with E-state index < -0.39 is 5.97 Å². The summed E-state index contributed by atoms with van der Waals surface area (Å²) in [7, 11) is 3.62. The van der Waals surface area contributed by atoms with E-state index in [1.54, 1.807) is 14.0 Å². The normalized spacial score (nSPS) is 17.3. The fourth-order valence-corrected chi connectivity index (χ4v) is 3.41. The lowest BCUT2D eigenvalue weighted by molar-refractivity contribution is -0.889. The number of rotatable bonds is 10. The molecule has 2 amide bonds. The summed E-state index contributed by atoms with van der Waals surface area (Å²) in [4.78, 5) is 25.6. The molecule has 8 nitrogen and oxygen atoms in total. The topological polar surface area (TPSA) is 90.3 Å². The van der Waals surface area contributed by atoms with Crippen molar-refractivity contribution < 1.29 is 28.7 Å². The van der Waals surface area contributed by atoms with E-state index in [0.717, 1.165) is 10.5 Å². The number of nitrogens with one attached hydrogen (secondary N) is 3. The molecule has 1 aromatic carbocycles. The average Bonchev–Trinajstić information content (AvgIpc) is 2.68. The minimum atomic E-state index is -0.391. The molecule has 0 radical (unpaired) electrons. The lowest BCUT2D eigenvalue weighted by Gasteiger charge is -2.29. The van der Waals surface area contributed by atoms with Crippen LogP contribution in [0.5, 0.6) is 11.5 Å². The first kappa shape index (κ1) is 22.5. The summed E-state index contributed by atoms with van der Waals surface area (Å²) < 4.78 is 16.2. The van der Waals surface area contributed by atoms with E-state index in [0.29, 0.717) is 48.9 Å². The van der Waals surface area contributed by atoms with E-state index in [9.17, 15) is 9.59 Å². The fourth-order valence-electron chi connectivity index (χ4n) is 3.41. The number of ether oxygens (including phenoxy) is 3. The molecule has 3 N–H and O–H groups in total. The number of likely N-dealkylation sites (N-methyl/N-ethyl adjacent to an activating group) is 1. The molecule has 0 saturated carbocycles. The van der Waals surface area contributed by atoms with Crippen LogP contribution in [0.2, 0.25) is 0 Å². The van der Waals surface area contributed by atoms with E-state index in [1.165, 1.54) is 0 Å². The van der Waals surface area contributed by atoms with Gasteiger partial charge in [0.25, 0.3) is 0 Å². The summed E-state index contributed by atoms with van der Waals surface area (Å²) in [6.45, 7) is 7.64. The maximum atomic E-state index is 12.5. The molecule has 1 aliphatic rings. The molecule has 1 heterocycles. The zero-order valence-electron chi connectivity index (χ0n) is 17.9. The summed E-state index contributed by atoms with van der Waals surface area (Å²) in [6, 6.07) is 5.19. The summed E-state index contributed by atoms with van der Waals surface area (Å²) >= 11 is 0. The van der Waals surface area contributed by atoms with Crippen molar-refractivity contribution >= 4 is 12.0 Å². The Kier molecular flexibility index (Phi) is 8.33. The lowest BCUT2D eigenvalue weighted by atomic mass is 10.00. The number of urea groups is 1. The first-order valence-electron chi connectivity index (χ1n) is 10.0. The standard InChI is InChI=1S/C21H31N3O5/c1-6-15-19(20(25)29-8-3)16(23-21(26)22-15)13-24(4)12-14-9-10-17(28-7-2)18(11-14)27-5/h9-11,15H,6-8,12-13H2,1-5H3,(H2,22,23,26)/p+1/t15-/m1/s1. The van der Waals surface area contributed by atoms with Gasteiger partial charge in [0.1, 0.15) is 13.1 Å². The van der Waals surface area contributed by atoms with E-state index in [-0.39, 0.29) is 18.7 Å². The number of hydrogen-bond donors (Lipinski definition) is 3. The third-order valence-corrected chi connectivity index (χ3v) is 4.66. The van der Waals surface area contributed by atoms with Gasteiger partial charge in [-0.05, 0) is 38.5 Å². The van der Waals surface area contributed by atoms with Crippen molar-refractivity contribution in [3.63, 3.8) is 0 Å². The molecule has 160 valence electrons. The maximum absolute atomic E-state index is 12.5. The monoisotopic (exact) mass is 406 g/mol. The van der Waals surface area contributed by atoms with Crippen molar-refractivity contribution in [3.8, 4) is 11.5 Å². The molecule has 0 spiro atoms. The van der Waals surface area contributed by atoms with E-state index in [1.807, 2.05) is 39.1 Å². The highest BCUT2D eigenvalue weighted by atomic mass is 16.5. The van der Waals surface area contributed by atoms with E-state index in [2.05, 4.69) is 10.6 Å². The smallest absolute Gasteiger partial charge is 0.338 e. The Balaban J connectivity index is 2.20. The third-order valence-electron chi connectivity index (χ3n) is 4.66. The summed E-state index contributed by atoms with van der Waals surface area (Å²) in [5, 5.41) is 5.59. The number of esters is 1. The quantitative estimate of drug-likeness (QED) is 0.505. The number of carbonyl (C=O) groups excluding carboxylic acids is 2. The molecule has 0 saturated heterocycles. The molecular formula is C21H32N3O5+. The minimum Gasteiger partial charge on any atom is -0.493 e. The molecular weight excluding hydrogens is 374 g/mol. The van der Waals surface area contributed by atoms with E-state index in [4.69, 9.17) is 14.2 Å². The number of amides is 2. The number of carbonyl (C=O) groups is 2. The highest BCUT2D eigenvalue weighted by Crippen LogP contribution is 2.27. The Hall–Kier alpha value is -2.74. The average molecular weight is 407 g/mol. The fraction of sp³-hybridized carbons (Fsp3) is 0.524. The molecule has 2 atom stereocenters. The van der Waals surface area contributed by atoms with Gasteiger partial charge in [-0.15, -0.1) is 0 Å². The zero-order valence-corrected chi connectivity index (χ0v) is 17.9. The molecule has 0 aliphatic carbocycles. The second kappa shape index (κ2) is 10.7. The third kappa shape index (κ3) is 5.87. The van der Waals surface area contributed by atoms with Gasteiger partial charge in [0.2, 0.25) is 0 Å². The van der Waals surface area contributed by atoms with Crippen LogP contribution in [0.15, 0.2) is 29.5 Å². The van der Waals surface area contributed by atoms with Gasteiger partial charge in [0, 0.05) is 5.56 Å². The van der Waals surface area contributed by atoms with Gasteiger partial charge in [-0.2, -0.15) is 0 Å². The summed E-state index contributed by atoms with van der Waals surface area (Å²) in [6.07, 6.45) is 0.611. The largest absolute Gasteiger partial charge is 0.493 e. The van der Waals surface area contributed by atoms with Crippen molar-refractivity contribution in [2.75, 3.05) is 33.9 Å². The van der Waals surface area contributed by atoms with Crippen LogP contribution in [-0.2, 0) is 16.1 Å². The molecule has 29 heavy (non-hydrogen) atoms. The Morgan fingerprint density at radius 2 is 1.90 bits per heavy atom. The van der Waals surface area contributed by atoms with Crippen LogP contribution in [0, 0.1) is 0 Å². The van der Waals surface area contributed by atoms with Crippen LogP contribution in [-0.4, -0.2) is 52.0 Å². The molecule has 1 aliphatic heterocycles. The van der Waals surface area contributed by atoms with Crippen molar-refractivity contribution in [2.24, 2.45) is 0 Å². The molecule has 0 bridgehead atoms. The molecule has 0 aromatic heterocycles. The van der Waals surface area contributed by atoms with Crippen LogP contribution < -0.4 is 25.0 Å². The molecule has 0 fully saturated rings. The summed E-state index contributed by atoms with van der Waals surface area (Å²) in [5.41, 5.74) is 2.17. The maximum Gasteiger partial charge on any atom is 0.338 e. The molecule has 1 unspecified atom stereocenters. The predicted molar refractivity (Wildman–Crippen MR) is 109 cm³/mol. The van der Waals surface area contributed by atoms with Crippen LogP contribution in [0.25, 0.3) is 0 Å². The first-order chi connectivity index (χ1) is 13.9. The van der Waals surface area contributed by atoms with Crippen LogP contribution in [0.4, 0.5) is 4.79 Å². The molecule has 1 aromatic rings. The van der Waals surface area contributed by atoms with Gasteiger partial charge in [-0.25, -0.2) is 9.59 Å². The van der Waals surface area contributed by atoms with Crippen molar-refractivity contribution in [3.05, 3.63) is 35.0 Å². The van der Waals surface area contributed by atoms with Gasteiger partial charge in [0.15, 0.2) is 11.5 Å². The van der Waals surface area contributed by atoms with Gasteiger partial charge in [0.05, 0.1) is 44.7 Å². The number of benzene rings is 1. The predicted octanol–water partition coefficient (Wildman–Crippen LogP) is 1.02. The Morgan fingerprint density at radius 1 is 1.14 bits per heavy atom. The van der Waals surface area contributed by atoms with Gasteiger partial charge >= 0.3 is 12.0 Å². The van der Waals surface area contributed by atoms with Crippen molar-refractivity contribution in [1.29, 1.82) is 0 Å². The van der Waals surface area contributed by atoms with Crippen molar-refractivity contribution in [2.45, 2.75) is 39.8 Å². The Morgan fingerprint density at radius 3 is 2.52 bits per heavy atom. The summed E-state index contributed by atoms with van der Waals surface area (Å²) in [5.74, 6) is 1.00. The number of methoxy groups -OCH3 is 1.